The Labute approximate surface area is 322 Å². The standard InChI is InChI=1S/C40H69NO13/c1-30(42)50-29-35(51-31(2)43)37(52-32(3)44)38(53-33(4)45)39(54-34(5)46)40(49)41-28-26-24-22-20-18-16-14-12-10-8-6-7-9-11-13-15-17-19-21-23-25-27-36(47)48/h35,37-39H,6-29H2,1-5H3,(H,41,49)(H,47,48)/t35-,37+,38-,39+/m0/s1. The van der Waals surface area contributed by atoms with Crippen LogP contribution in [0.25, 0.3) is 0 Å². The van der Waals surface area contributed by atoms with Gasteiger partial charge in [0.25, 0.3) is 5.91 Å². The van der Waals surface area contributed by atoms with Crippen molar-refractivity contribution in [2.45, 2.75) is 200 Å². The number of esters is 5. The third-order valence-electron chi connectivity index (χ3n) is 8.78. The average Bonchev–Trinajstić information content (AvgIpc) is 3.08. The molecule has 4 atom stereocenters. The minimum absolute atomic E-state index is 0.250. The van der Waals surface area contributed by atoms with Crippen molar-refractivity contribution in [3.63, 3.8) is 0 Å². The van der Waals surface area contributed by atoms with E-state index >= 15 is 0 Å². The van der Waals surface area contributed by atoms with E-state index in [4.69, 9.17) is 28.8 Å². The van der Waals surface area contributed by atoms with Gasteiger partial charge in [-0.2, -0.15) is 0 Å². The molecule has 14 heteroatoms. The number of hydrogen-bond acceptors (Lipinski definition) is 12. The fraction of sp³-hybridized carbons (Fsp3) is 0.825. The lowest BCUT2D eigenvalue weighted by molar-refractivity contribution is -0.203. The number of nitrogens with one attached hydrogen (secondary N) is 1. The molecule has 14 nitrogen and oxygen atoms in total. The summed E-state index contributed by atoms with van der Waals surface area (Å²) in [6.45, 7) is 4.97. The molecule has 0 bridgehead atoms. The van der Waals surface area contributed by atoms with Crippen LogP contribution < -0.4 is 5.32 Å². The van der Waals surface area contributed by atoms with Gasteiger partial charge in [-0.3, -0.25) is 33.6 Å². The summed E-state index contributed by atoms with van der Waals surface area (Å²) in [7, 11) is 0. The third kappa shape index (κ3) is 29.7. The van der Waals surface area contributed by atoms with Crippen molar-refractivity contribution in [2.75, 3.05) is 13.2 Å². The summed E-state index contributed by atoms with van der Waals surface area (Å²) in [5.41, 5.74) is 0. The first kappa shape index (κ1) is 50.3. The molecular formula is C40H69NO13. The molecular weight excluding hydrogens is 702 g/mol. The molecule has 0 saturated carbocycles. The lowest BCUT2D eigenvalue weighted by Crippen LogP contribution is -2.57. The molecule has 0 aromatic rings. The van der Waals surface area contributed by atoms with Crippen LogP contribution >= 0.6 is 0 Å². The fourth-order valence-corrected chi connectivity index (χ4v) is 6.17. The van der Waals surface area contributed by atoms with E-state index in [1.165, 1.54) is 83.5 Å². The van der Waals surface area contributed by atoms with E-state index in [0.717, 1.165) is 79.6 Å². The Balaban J connectivity index is 4.45. The van der Waals surface area contributed by atoms with Crippen molar-refractivity contribution in [2.24, 2.45) is 0 Å². The van der Waals surface area contributed by atoms with Crippen LogP contribution in [0.5, 0.6) is 0 Å². The molecule has 0 aliphatic heterocycles. The van der Waals surface area contributed by atoms with Gasteiger partial charge in [-0.25, -0.2) is 0 Å². The topological polar surface area (TPSA) is 198 Å². The second-order valence-electron chi connectivity index (χ2n) is 14.0. The maximum Gasteiger partial charge on any atom is 0.303 e. The predicted octanol–water partition coefficient (Wildman–Crippen LogP) is 7.06. The molecule has 0 aromatic carbocycles. The Morgan fingerprint density at radius 3 is 1.15 bits per heavy atom. The molecule has 0 saturated heterocycles. The van der Waals surface area contributed by atoms with Crippen molar-refractivity contribution >= 4 is 41.7 Å². The van der Waals surface area contributed by atoms with Gasteiger partial charge in [0.1, 0.15) is 6.61 Å². The van der Waals surface area contributed by atoms with E-state index in [0.29, 0.717) is 12.8 Å². The Bertz CT molecular complexity index is 1100. The molecule has 0 aliphatic carbocycles. The molecule has 0 heterocycles. The van der Waals surface area contributed by atoms with E-state index in [9.17, 15) is 33.6 Å². The van der Waals surface area contributed by atoms with Gasteiger partial charge in [0.2, 0.25) is 6.10 Å². The summed E-state index contributed by atoms with van der Waals surface area (Å²) < 4.78 is 26.1. The first-order valence-electron chi connectivity index (χ1n) is 20.1. The Morgan fingerprint density at radius 2 is 0.796 bits per heavy atom. The van der Waals surface area contributed by atoms with Gasteiger partial charge >= 0.3 is 35.8 Å². The average molecular weight is 772 g/mol. The lowest BCUT2D eigenvalue weighted by Gasteiger charge is -2.34. The van der Waals surface area contributed by atoms with Crippen LogP contribution in [0.4, 0.5) is 0 Å². The van der Waals surface area contributed by atoms with Crippen LogP contribution in [0, 0.1) is 0 Å². The summed E-state index contributed by atoms with van der Waals surface area (Å²) in [6, 6.07) is 0. The van der Waals surface area contributed by atoms with E-state index < -0.39 is 72.7 Å². The fourth-order valence-electron chi connectivity index (χ4n) is 6.17. The third-order valence-corrected chi connectivity index (χ3v) is 8.78. The minimum Gasteiger partial charge on any atom is -0.481 e. The number of rotatable bonds is 34. The quantitative estimate of drug-likeness (QED) is 0.0383. The van der Waals surface area contributed by atoms with Crippen molar-refractivity contribution in [1.29, 1.82) is 0 Å². The number of amides is 1. The number of carbonyl (C=O) groups is 7. The highest BCUT2D eigenvalue weighted by atomic mass is 16.6. The number of ether oxygens (including phenoxy) is 5. The van der Waals surface area contributed by atoms with Crippen LogP contribution in [0.3, 0.4) is 0 Å². The van der Waals surface area contributed by atoms with Crippen molar-refractivity contribution < 1.29 is 62.4 Å². The molecule has 0 aliphatic rings. The van der Waals surface area contributed by atoms with Crippen molar-refractivity contribution in [3.8, 4) is 0 Å². The molecule has 0 spiro atoms. The van der Waals surface area contributed by atoms with E-state index in [1.54, 1.807) is 0 Å². The number of carboxylic acid groups (broad SMARTS) is 1. The Hall–Kier alpha value is -3.71. The zero-order valence-corrected chi connectivity index (χ0v) is 33.6. The van der Waals surface area contributed by atoms with Crippen molar-refractivity contribution in [3.05, 3.63) is 0 Å². The van der Waals surface area contributed by atoms with Gasteiger partial charge in [0, 0.05) is 47.6 Å². The van der Waals surface area contributed by atoms with Crippen molar-refractivity contribution in [1.82, 2.24) is 5.32 Å². The second kappa shape index (κ2) is 32.7. The molecule has 312 valence electrons. The van der Waals surface area contributed by atoms with E-state index in [2.05, 4.69) is 5.32 Å². The molecule has 54 heavy (non-hydrogen) atoms. The highest BCUT2D eigenvalue weighted by molar-refractivity contribution is 5.84. The molecule has 1 amide bonds. The van der Waals surface area contributed by atoms with Gasteiger partial charge in [0.15, 0.2) is 18.3 Å². The SMILES string of the molecule is CC(=O)OC[C@H](OC(C)=O)[C@@H](OC(C)=O)[C@H](OC(C)=O)[C@@H](OC(C)=O)C(=O)NCCCCCCCCCCCCCCCCCCCCCCCC(=O)O. The first-order chi connectivity index (χ1) is 25.7. The molecule has 0 unspecified atom stereocenters. The van der Waals surface area contributed by atoms with Gasteiger partial charge < -0.3 is 34.1 Å². The van der Waals surface area contributed by atoms with Gasteiger partial charge in [-0.15, -0.1) is 0 Å². The zero-order chi connectivity index (χ0) is 40.6. The van der Waals surface area contributed by atoms with Crippen LogP contribution in [0.1, 0.15) is 176 Å². The zero-order valence-electron chi connectivity index (χ0n) is 33.6. The number of unbranched alkanes of at least 4 members (excludes halogenated alkanes) is 20. The summed E-state index contributed by atoms with van der Waals surface area (Å²) in [5.74, 6) is -5.73. The Kier molecular flexibility index (Phi) is 30.5. The molecule has 0 rings (SSSR count). The van der Waals surface area contributed by atoms with Crippen LogP contribution in [0.2, 0.25) is 0 Å². The predicted molar refractivity (Wildman–Crippen MR) is 201 cm³/mol. The van der Waals surface area contributed by atoms with Crippen LogP contribution in [0.15, 0.2) is 0 Å². The number of carbonyl (C=O) groups excluding carboxylic acids is 6. The minimum atomic E-state index is -1.78. The molecule has 0 aromatic heterocycles. The van der Waals surface area contributed by atoms with Gasteiger partial charge in [-0.1, -0.05) is 122 Å². The van der Waals surface area contributed by atoms with Crippen LogP contribution in [-0.4, -0.2) is 84.4 Å². The lowest BCUT2D eigenvalue weighted by atomic mass is 10.0. The largest absolute Gasteiger partial charge is 0.481 e. The number of carboxylic acids is 1. The smallest absolute Gasteiger partial charge is 0.303 e. The second-order valence-corrected chi connectivity index (χ2v) is 14.0. The number of aliphatic carboxylic acids is 1. The normalized spacial score (nSPS) is 13.1. The number of hydrogen-bond donors (Lipinski definition) is 2. The van der Waals surface area contributed by atoms with Gasteiger partial charge in [0.05, 0.1) is 0 Å². The van der Waals surface area contributed by atoms with Crippen LogP contribution in [-0.2, 0) is 57.2 Å². The monoisotopic (exact) mass is 771 g/mol. The maximum absolute atomic E-state index is 13.3. The van der Waals surface area contributed by atoms with E-state index in [1.807, 2.05) is 0 Å². The maximum atomic E-state index is 13.3. The summed E-state index contributed by atoms with van der Waals surface area (Å²) in [6.07, 6.45) is 18.0. The molecule has 0 fully saturated rings. The Morgan fingerprint density at radius 1 is 0.444 bits per heavy atom. The van der Waals surface area contributed by atoms with Gasteiger partial charge in [-0.05, 0) is 12.8 Å². The summed E-state index contributed by atoms with van der Waals surface area (Å²) >= 11 is 0. The molecule has 0 radical (unpaired) electrons. The summed E-state index contributed by atoms with van der Waals surface area (Å²) in [5, 5.41) is 11.3. The van der Waals surface area contributed by atoms with E-state index in [-0.39, 0.29) is 6.54 Å². The molecule has 2 N–H and O–H groups in total. The summed E-state index contributed by atoms with van der Waals surface area (Å²) in [4.78, 5) is 83.4. The first-order valence-corrected chi connectivity index (χ1v) is 20.1. The highest BCUT2D eigenvalue weighted by Gasteiger charge is 2.46. The highest BCUT2D eigenvalue weighted by Crippen LogP contribution is 2.21.